The van der Waals surface area contributed by atoms with Crippen LogP contribution in [0.1, 0.15) is 0 Å². The summed E-state index contributed by atoms with van der Waals surface area (Å²) in [5, 5.41) is 9.82. The van der Waals surface area contributed by atoms with Gasteiger partial charge >= 0.3 is 0 Å². The van der Waals surface area contributed by atoms with Crippen molar-refractivity contribution in [3.63, 3.8) is 0 Å². The molecule has 0 fully saturated rings. The van der Waals surface area contributed by atoms with Gasteiger partial charge in [0.25, 0.3) is 0 Å². The van der Waals surface area contributed by atoms with E-state index in [0.717, 1.165) is 39.0 Å². The van der Waals surface area contributed by atoms with Crippen molar-refractivity contribution >= 4 is 92.1 Å². The zero-order valence-electron chi connectivity index (χ0n) is 25.4. The average molecular weight is 618 g/mol. The van der Waals surface area contributed by atoms with Crippen molar-refractivity contribution in [1.82, 2.24) is 0 Å². The average Bonchev–Trinajstić information content (AvgIpc) is 3.70. The van der Waals surface area contributed by atoms with Crippen molar-refractivity contribution in [2.24, 2.45) is 0 Å². The Morgan fingerprint density at radius 2 is 1.06 bits per heavy atom. The molecular weight excluding hydrogens is 591 g/mol. The molecule has 0 spiro atoms. The molecule has 2 heterocycles. The Morgan fingerprint density at radius 3 is 1.96 bits per heavy atom. The highest BCUT2D eigenvalue weighted by atomic mass is 32.1. The molecule has 0 aliphatic rings. The minimum absolute atomic E-state index is 0.882. The Bertz CT molecular complexity index is 2810. The lowest BCUT2D eigenvalue weighted by molar-refractivity contribution is 0.669. The van der Waals surface area contributed by atoms with Crippen LogP contribution in [0.15, 0.2) is 168 Å². The lowest BCUT2D eigenvalue weighted by Gasteiger charge is -2.27. The smallest absolute Gasteiger partial charge is 0.137 e. The van der Waals surface area contributed by atoms with Crippen LogP contribution in [-0.4, -0.2) is 0 Å². The molecule has 220 valence electrons. The van der Waals surface area contributed by atoms with E-state index < -0.39 is 0 Å². The van der Waals surface area contributed by atoms with Crippen LogP contribution < -0.4 is 4.90 Å². The summed E-state index contributed by atoms with van der Waals surface area (Å²) in [6.45, 7) is 0. The molecule has 3 heteroatoms. The van der Waals surface area contributed by atoms with Gasteiger partial charge in [-0.15, -0.1) is 11.3 Å². The van der Waals surface area contributed by atoms with Gasteiger partial charge in [0.15, 0.2) is 0 Å². The maximum atomic E-state index is 6.35. The lowest BCUT2D eigenvalue weighted by atomic mass is 10.00. The van der Waals surface area contributed by atoms with Crippen LogP contribution in [-0.2, 0) is 0 Å². The zero-order valence-corrected chi connectivity index (χ0v) is 26.2. The topological polar surface area (TPSA) is 16.4 Å². The first-order valence-electron chi connectivity index (χ1n) is 15.9. The van der Waals surface area contributed by atoms with E-state index in [1.807, 2.05) is 23.5 Å². The fraction of sp³-hybridized carbons (Fsp3) is 0. The number of nitrogens with zero attached hydrogens (tertiary/aromatic N) is 1. The van der Waals surface area contributed by atoms with Crippen molar-refractivity contribution in [1.29, 1.82) is 0 Å². The summed E-state index contributed by atoms with van der Waals surface area (Å²) < 4.78 is 9.00. The van der Waals surface area contributed by atoms with Crippen LogP contribution in [0.5, 0.6) is 0 Å². The predicted molar refractivity (Wildman–Crippen MR) is 202 cm³/mol. The summed E-state index contributed by atoms with van der Waals surface area (Å²) in [6, 6.07) is 59.1. The largest absolute Gasteiger partial charge is 0.456 e. The number of hydrogen-bond donors (Lipinski definition) is 0. The normalized spacial score (nSPS) is 11.8. The molecule has 10 aromatic rings. The fourth-order valence-electron chi connectivity index (χ4n) is 7.21. The fourth-order valence-corrected chi connectivity index (χ4v) is 8.29. The molecule has 0 amide bonds. The first-order valence-corrected chi connectivity index (χ1v) is 16.7. The van der Waals surface area contributed by atoms with Gasteiger partial charge in [0, 0.05) is 36.9 Å². The molecule has 2 nitrogen and oxygen atoms in total. The van der Waals surface area contributed by atoms with Crippen molar-refractivity contribution in [3.8, 4) is 11.1 Å². The van der Waals surface area contributed by atoms with E-state index in [1.165, 1.54) is 52.8 Å². The molecule has 10 rings (SSSR count). The molecule has 8 aromatic carbocycles. The number of thiophene rings is 1. The third-order valence-electron chi connectivity index (χ3n) is 9.45. The maximum Gasteiger partial charge on any atom is 0.137 e. The molecule has 0 aliphatic heterocycles. The molecule has 0 saturated carbocycles. The van der Waals surface area contributed by atoms with E-state index in [-0.39, 0.29) is 0 Å². The third kappa shape index (κ3) is 4.17. The molecule has 2 aromatic heterocycles. The summed E-state index contributed by atoms with van der Waals surface area (Å²) in [5.41, 5.74) is 7.48. The number of hydrogen-bond acceptors (Lipinski definition) is 3. The van der Waals surface area contributed by atoms with E-state index in [2.05, 4.69) is 157 Å². The van der Waals surface area contributed by atoms with Gasteiger partial charge in [0.1, 0.15) is 11.2 Å². The third-order valence-corrected chi connectivity index (χ3v) is 10.6. The Balaban J connectivity index is 1.17. The van der Waals surface area contributed by atoms with Gasteiger partial charge in [-0.05, 0) is 93.3 Å². The van der Waals surface area contributed by atoms with Crippen molar-refractivity contribution < 1.29 is 4.42 Å². The Hall–Kier alpha value is -5.90. The number of fused-ring (bicyclic) bond motifs is 9. The Kier molecular flexibility index (Phi) is 5.78. The van der Waals surface area contributed by atoms with Crippen LogP contribution in [0.3, 0.4) is 0 Å². The summed E-state index contributed by atoms with van der Waals surface area (Å²) in [7, 11) is 0. The highest BCUT2D eigenvalue weighted by Crippen LogP contribution is 2.44. The van der Waals surface area contributed by atoms with E-state index in [4.69, 9.17) is 4.42 Å². The second-order valence-corrected chi connectivity index (χ2v) is 13.2. The van der Waals surface area contributed by atoms with E-state index >= 15 is 0 Å². The van der Waals surface area contributed by atoms with E-state index in [1.54, 1.807) is 0 Å². The van der Waals surface area contributed by atoms with Gasteiger partial charge < -0.3 is 9.32 Å². The molecule has 0 atom stereocenters. The SMILES string of the molecule is c1ccc2c(c1)ccc1ccc(N(c3ccc(-c4ccc5sc6ccccc6c5c4)cc3)c3cccc4oc5ccccc5c34)cc12. The highest BCUT2D eigenvalue weighted by molar-refractivity contribution is 7.25. The van der Waals surface area contributed by atoms with Gasteiger partial charge in [0.2, 0.25) is 0 Å². The molecule has 47 heavy (non-hydrogen) atoms. The Labute approximate surface area is 275 Å². The first-order chi connectivity index (χ1) is 23.3. The number of rotatable bonds is 4. The van der Waals surface area contributed by atoms with Gasteiger partial charge in [-0.3, -0.25) is 0 Å². The molecular formula is C44H27NOS. The first kappa shape index (κ1) is 26.3. The van der Waals surface area contributed by atoms with Crippen molar-refractivity contribution in [3.05, 3.63) is 164 Å². The number of anilines is 3. The quantitative estimate of drug-likeness (QED) is 0.183. The second-order valence-electron chi connectivity index (χ2n) is 12.1. The molecule has 0 aliphatic carbocycles. The summed E-state index contributed by atoms with van der Waals surface area (Å²) in [6.07, 6.45) is 0. The van der Waals surface area contributed by atoms with E-state index in [9.17, 15) is 0 Å². The number of furan rings is 1. The number of benzene rings is 8. The van der Waals surface area contributed by atoms with Gasteiger partial charge in [0.05, 0.1) is 11.1 Å². The van der Waals surface area contributed by atoms with Crippen molar-refractivity contribution in [2.75, 3.05) is 4.90 Å². The minimum Gasteiger partial charge on any atom is -0.456 e. The minimum atomic E-state index is 0.882. The van der Waals surface area contributed by atoms with E-state index in [0.29, 0.717) is 0 Å². The zero-order chi connectivity index (χ0) is 30.9. The maximum absolute atomic E-state index is 6.35. The van der Waals surface area contributed by atoms with Crippen LogP contribution in [0, 0.1) is 0 Å². The summed E-state index contributed by atoms with van der Waals surface area (Å²) in [4.78, 5) is 2.38. The van der Waals surface area contributed by atoms with Gasteiger partial charge in [-0.2, -0.15) is 0 Å². The summed E-state index contributed by atoms with van der Waals surface area (Å²) >= 11 is 1.86. The van der Waals surface area contributed by atoms with Crippen LogP contribution >= 0.6 is 11.3 Å². The van der Waals surface area contributed by atoms with Crippen LogP contribution in [0.25, 0.3) is 74.8 Å². The monoisotopic (exact) mass is 617 g/mol. The van der Waals surface area contributed by atoms with Crippen LogP contribution in [0.2, 0.25) is 0 Å². The molecule has 0 radical (unpaired) electrons. The predicted octanol–water partition coefficient (Wildman–Crippen LogP) is 13.4. The highest BCUT2D eigenvalue weighted by Gasteiger charge is 2.20. The Morgan fingerprint density at radius 1 is 0.404 bits per heavy atom. The second kappa shape index (κ2) is 10.3. The van der Waals surface area contributed by atoms with Crippen molar-refractivity contribution in [2.45, 2.75) is 0 Å². The molecule has 0 unspecified atom stereocenters. The lowest BCUT2D eigenvalue weighted by Crippen LogP contribution is -2.10. The van der Waals surface area contributed by atoms with Gasteiger partial charge in [-0.1, -0.05) is 103 Å². The summed E-state index contributed by atoms with van der Waals surface area (Å²) in [5.74, 6) is 0. The number of para-hydroxylation sites is 1. The molecule has 0 saturated heterocycles. The molecule has 0 bridgehead atoms. The molecule has 0 N–H and O–H groups in total. The van der Waals surface area contributed by atoms with Gasteiger partial charge in [-0.25, -0.2) is 0 Å². The standard InChI is InChI=1S/C44H27NOS/c1-2-9-34-29(8-1)16-17-30-20-24-33(27-37(30)34)45(39-12-7-14-41-44(39)36-11-3-5-13-40(36)46-41)32-22-18-28(19-23-32)31-21-25-43-38(26-31)35-10-4-6-15-42(35)47-43/h1-27H. The van der Waals surface area contributed by atoms with Crippen LogP contribution in [0.4, 0.5) is 17.1 Å².